The Kier molecular flexibility index (Phi) is 5.35. The van der Waals surface area contributed by atoms with E-state index in [1.165, 1.54) is 32.5 Å². The van der Waals surface area contributed by atoms with E-state index in [0.29, 0.717) is 0 Å². The molecule has 0 radical (unpaired) electrons. The monoisotopic (exact) mass is 324 g/mol. The number of rotatable bonds is 6. The Hall–Kier alpha value is -1.80. The Morgan fingerprint density at radius 1 is 1.13 bits per heavy atom. The normalized spacial score (nSPS) is 15.0. The van der Waals surface area contributed by atoms with E-state index in [1.807, 2.05) is 11.3 Å². The Morgan fingerprint density at radius 3 is 2.78 bits per heavy atom. The van der Waals surface area contributed by atoms with E-state index in [2.05, 4.69) is 62.4 Å². The van der Waals surface area contributed by atoms with Crippen LogP contribution in [0.15, 0.2) is 59.9 Å². The van der Waals surface area contributed by atoms with Gasteiger partial charge < -0.3 is 4.74 Å². The molecule has 0 atom stereocenters. The highest BCUT2D eigenvalue weighted by molar-refractivity contribution is 7.20. The molecule has 1 nitrogen and oxygen atoms in total. The van der Waals surface area contributed by atoms with Gasteiger partial charge in [0.15, 0.2) is 0 Å². The number of fused-ring (bicyclic) bond motifs is 1. The number of allylic oxidation sites excluding steroid dienone is 5. The quantitative estimate of drug-likeness (QED) is 0.535. The molecule has 23 heavy (non-hydrogen) atoms. The molecule has 0 aliphatic heterocycles. The topological polar surface area (TPSA) is 9.23 Å². The summed E-state index contributed by atoms with van der Waals surface area (Å²) in [6, 6.07) is 10.9. The highest BCUT2D eigenvalue weighted by atomic mass is 32.1. The van der Waals surface area contributed by atoms with Crippen LogP contribution in [0.2, 0.25) is 0 Å². The number of hydrogen-bond donors (Lipinski definition) is 0. The maximum absolute atomic E-state index is 5.96. The van der Waals surface area contributed by atoms with E-state index in [-0.39, 0.29) is 0 Å². The fourth-order valence-electron chi connectivity index (χ4n) is 2.74. The van der Waals surface area contributed by atoms with Crippen LogP contribution in [0.25, 0.3) is 15.7 Å². The van der Waals surface area contributed by atoms with Gasteiger partial charge in [0, 0.05) is 16.0 Å². The highest BCUT2D eigenvalue weighted by Gasteiger charge is 2.11. The van der Waals surface area contributed by atoms with E-state index in [4.69, 9.17) is 4.74 Å². The van der Waals surface area contributed by atoms with Crippen molar-refractivity contribution in [2.24, 2.45) is 0 Å². The lowest BCUT2D eigenvalue weighted by atomic mass is 10.1. The Bertz CT molecular complexity index is 728. The third-order valence-corrected chi connectivity index (χ3v) is 5.32. The second-order valence-corrected chi connectivity index (χ2v) is 7.02. The first-order valence-electron chi connectivity index (χ1n) is 8.52. The van der Waals surface area contributed by atoms with Crippen molar-refractivity contribution < 1.29 is 4.74 Å². The van der Waals surface area contributed by atoms with Crippen molar-refractivity contribution >= 4 is 27.0 Å². The fourth-order valence-corrected chi connectivity index (χ4v) is 3.79. The molecule has 0 saturated heterocycles. The molecular weight excluding hydrogens is 300 g/mol. The zero-order valence-electron chi connectivity index (χ0n) is 14.0. The average Bonchev–Trinajstić information content (AvgIpc) is 2.89. The van der Waals surface area contributed by atoms with Gasteiger partial charge in [0.2, 0.25) is 0 Å². The summed E-state index contributed by atoms with van der Waals surface area (Å²) in [5.74, 6) is 1.10. The molecule has 2 aromatic rings. The second-order valence-electron chi connectivity index (χ2n) is 5.94. The van der Waals surface area contributed by atoms with Gasteiger partial charge in [-0.1, -0.05) is 56.2 Å². The molecule has 1 heterocycles. The first kappa shape index (κ1) is 16.1. The molecule has 1 aromatic heterocycles. The summed E-state index contributed by atoms with van der Waals surface area (Å²) >= 11 is 1.87. The van der Waals surface area contributed by atoms with E-state index in [9.17, 15) is 0 Å². The van der Waals surface area contributed by atoms with Crippen molar-refractivity contribution in [3.63, 3.8) is 0 Å². The SMILES string of the molecule is CCCCOC1=CC=C(c2cc3ccccc3s2)C=C(CC)C1. The van der Waals surface area contributed by atoms with Gasteiger partial charge in [-0.15, -0.1) is 11.3 Å². The minimum Gasteiger partial charge on any atom is -0.498 e. The zero-order valence-corrected chi connectivity index (χ0v) is 14.8. The number of benzene rings is 1. The summed E-state index contributed by atoms with van der Waals surface area (Å²) in [7, 11) is 0. The second kappa shape index (κ2) is 7.65. The molecule has 1 aromatic carbocycles. The fraction of sp³-hybridized carbons (Fsp3) is 0.333. The summed E-state index contributed by atoms with van der Waals surface area (Å²) in [4.78, 5) is 1.34. The molecule has 0 unspecified atom stereocenters. The lowest BCUT2D eigenvalue weighted by molar-refractivity contribution is 0.201. The van der Waals surface area contributed by atoms with Gasteiger partial charge in [-0.2, -0.15) is 0 Å². The van der Waals surface area contributed by atoms with Gasteiger partial charge in [-0.25, -0.2) is 0 Å². The molecule has 3 rings (SSSR count). The minimum absolute atomic E-state index is 0.825. The highest BCUT2D eigenvalue weighted by Crippen LogP contribution is 2.34. The van der Waals surface area contributed by atoms with Crippen LogP contribution in [0.1, 0.15) is 44.4 Å². The molecular formula is C21H24OS. The third kappa shape index (κ3) is 3.94. The van der Waals surface area contributed by atoms with Crippen LogP contribution < -0.4 is 0 Å². The maximum atomic E-state index is 5.96. The predicted octanol–water partition coefficient (Wildman–Crippen LogP) is 6.73. The molecule has 120 valence electrons. The first-order valence-corrected chi connectivity index (χ1v) is 9.34. The van der Waals surface area contributed by atoms with E-state index >= 15 is 0 Å². The molecule has 2 heteroatoms. The minimum atomic E-state index is 0.825. The van der Waals surface area contributed by atoms with Crippen LogP contribution in [-0.2, 0) is 4.74 Å². The van der Waals surface area contributed by atoms with E-state index in [1.54, 1.807) is 0 Å². The molecule has 0 fully saturated rings. The summed E-state index contributed by atoms with van der Waals surface area (Å²) in [6.07, 6.45) is 11.0. The number of thiophene rings is 1. The van der Waals surface area contributed by atoms with Gasteiger partial charge >= 0.3 is 0 Å². The van der Waals surface area contributed by atoms with Gasteiger partial charge in [-0.05, 0) is 42.0 Å². The smallest absolute Gasteiger partial charge is 0.1000 e. The van der Waals surface area contributed by atoms with Gasteiger partial charge in [0.05, 0.1) is 12.4 Å². The third-order valence-electron chi connectivity index (χ3n) is 4.16. The van der Waals surface area contributed by atoms with Crippen LogP contribution in [0.4, 0.5) is 0 Å². The van der Waals surface area contributed by atoms with E-state index < -0.39 is 0 Å². The van der Waals surface area contributed by atoms with Crippen LogP contribution in [0.3, 0.4) is 0 Å². The standard InChI is InChI=1S/C21H24OS/c1-3-5-12-22-19-11-10-18(13-16(4-2)14-19)21-15-17-8-6-7-9-20(17)23-21/h6-11,13,15H,3-5,12,14H2,1-2H3. The van der Waals surface area contributed by atoms with Gasteiger partial charge in [0.1, 0.15) is 0 Å². The maximum Gasteiger partial charge on any atom is 0.1000 e. The Balaban J connectivity index is 1.89. The molecule has 0 N–H and O–H groups in total. The van der Waals surface area contributed by atoms with Crippen molar-refractivity contribution in [3.05, 3.63) is 64.8 Å². The van der Waals surface area contributed by atoms with Crippen molar-refractivity contribution in [2.45, 2.75) is 39.5 Å². The summed E-state index contributed by atoms with van der Waals surface area (Å²) in [6.45, 7) is 5.25. The number of ether oxygens (including phenoxy) is 1. The van der Waals surface area contributed by atoms with E-state index in [0.717, 1.165) is 31.6 Å². The summed E-state index contributed by atoms with van der Waals surface area (Å²) in [5, 5.41) is 1.33. The van der Waals surface area contributed by atoms with Crippen molar-refractivity contribution in [1.29, 1.82) is 0 Å². The Morgan fingerprint density at radius 2 is 2.00 bits per heavy atom. The summed E-state index contributed by atoms with van der Waals surface area (Å²) < 4.78 is 7.31. The molecule has 1 aliphatic carbocycles. The first-order chi connectivity index (χ1) is 11.3. The lowest BCUT2D eigenvalue weighted by Crippen LogP contribution is -1.96. The average molecular weight is 324 g/mol. The van der Waals surface area contributed by atoms with Crippen molar-refractivity contribution in [2.75, 3.05) is 6.61 Å². The lowest BCUT2D eigenvalue weighted by Gasteiger charge is -2.10. The summed E-state index contributed by atoms with van der Waals surface area (Å²) in [5.41, 5.74) is 2.74. The predicted molar refractivity (Wildman–Crippen MR) is 102 cm³/mol. The Labute approximate surface area is 143 Å². The van der Waals surface area contributed by atoms with Gasteiger partial charge in [-0.3, -0.25) is 0 Å². The molecule has 0 saturated carbocycles. The van der Waals surface area contributed by atoms with Gasteiger partial charge in [0.25, 0.3) is 0 Å². The molecule has 0 spiro atoms. The molecule has 0 bridgehead atoms. The zero-order chi connectivity index (χ0) is 16.1. The van der Waals surface area contributed by atoms with Crippen LogP contribution in [0.5, 0.6) is 0 Å². The molecule has 1 aliphatic rings. The number of hydrogen-bond acceptors (Lipinski definition) is 2. The number of unbranched alkanes of at least 4 members (excludes halogenated alkanes) is 1. The largest absolute Gasteiger partial charge is 0.498 e. The molecule has 0 amide bonds. The van der Waals surface area contributed by atoms with Crippen molar-refractivity contribution in [1.82, 2.24) is 0 Å². The van der Waals surface area contributed by atoms with Crippen molar-refractivity contribution in [3.8, 4) is 0 Å². The van der Waals surface area contributed by atoms with Crippen LogP contribution in [0, 0.1) is 0 Å². The van der Waals surface area contributed by atoms with Crippen LogP contribution in [-0.4, -0.2) is 6.61 Å². The van der Waals surface area contributed by atoms with Crippen LogP contribution >= 0.6 is 11.3 Å².